The zero-order chi connectivity index (χ0) is 17.9. The number of carbonyl (C=O) groups is 1. The molecule has 0 saturated carbocycles. The van der Waals surface area contributed by atoms with E-state index in [2.05, 4.69) is 14.9 Å². The Morgan fingerprint density at radius 1 is 1.18 bits per heavy atom. The molecule has 1 amide bonds. The number of ether oxygens (including phenoxy) is 1. The van der Waals surface area contributed by atoms with Gasteiger partial charge in [-0.25, -0.2) is 4.98 Å². The molecule has 8 heteroatoms. The van der Waals surface area contributed by atoms with E-state index in [4.69, 9.17) is 10.5 Å². The lowest BCUT2D eigenvalue weighted by molar-refractivity contribution is -0.119. The smallest absolute Gasteiger partial charge is 0.241 e. The summed E-state index contributed by atoms with van der Waals surface area (Å²) in [5, 5.41) is 2.94. The summed E-state index contributed by atoms with van der Waals surface area (Å²) in [5.74, 6) is 1.08. The van der Waals surface area contributed by atoms with Crippen LogP contribution in [0.3, 0.4) is 0 Å². The second-order valence-corrected chi connectivity index (χ2v) is 7.22. The third kappa shape index (κ3) is 4.87. The van der Waals surface area contributed by atoms with E-state index >= 15 is 0 Å². The molecule has 3 heterocycles. The van der Waals surface area contributed by atoms with Crippen molar-refractivity contribution in [2.45, 2.75) is 44.7 Å². The molecular weight excluding hydrogens is 399 g/mol. The van der Waals surface area contributed by atoms with Gasteiger partial charge in [-0.2, -0.15) is 0 Å². The highest BCUT2D eigenvalue weighted by molar-refractivity contribution is 5.95. The van der Waals surface area contributed by atoms with Crippen LogP contribution in [0, 0.1) is 5.92 Å². The Hall–Kier alpha value is -1.60. The summed E-state index contributed by atoms with van der Waals surface area (Å²) in [7, 11) is 0. The molecule has 3 N–H and O–H groups in total. The lowest BCUT2D eigenvalue weighted by Crippen LogP contribution is -2.43. The maximum Gasteiger partial charge on any atom is 0.241 e. The first-order valence-corrected chi connectivity index (χ1v) is 9.51. The van der Waals surface area contributed by atoms with Gasteiger partial charge in [0.25, 0.3) is 0 Å². The number of fused-ring (bicyclic) bond motifs is 1. The van der Waals surface area contributed by atoms with Crippen molar-refractivity contribution in [1.29, 1.82) is 0 Å². The van der Waals surface area contributed by atoms with Gasteiger partial charge in [0.05, 0.1) is 6.04 Å². The fraction of sp³-hybridized carbons (Fsp3) is 0.500. The van der Waals surface area contributed by atoms with Crippen molar-refractivity contribution in [2.24, 2.45) is 11.7 Å². The molecule has 1 atom stereocenters. The van der Waals surface area contributed by atoms with E-state index in [0.29, 0.717) is 13.2 Å². The average molecular weight is 427 g/mol. The number of rotatable bonds is 4. The van der Waals surface area contributed by atoms with Gasteiger partial charge >= 0.3 is 0 Å². The second kappa shape index (κ2) is 10.3. The minimum atomic E-state index is -0.488. The maximum absolute atomic E-state index is 12.4. The molecule has 0 radical (unpaired) electrons. The highest BCUT2D eigenvalue weighted by atomic mass is 35.5. The van der Waals surface area contributed by atoms with Gasteiger partial charge < -0.3 is 20.4 Å². The third-order valence-corrected chi connectivity index (χ3v) is 5.49. The van der Waals surface area contributed by atoms with E-state index in [1.165, 1.54) is 18.5 Å². The Morgan fingerprint density at radius 3 is 2.61 bits per heavy atom. The number of hydrogen-bond donors (Lipinski definition) is 2. The van der Waals surface area contributed by atoms with E-state index in [1.54, 1.807) is 0 Å². The summed E-state index contributed by atoms with van der Waals surface area (Å²) in [6.07, 6.45) is 7.22. The number of carbonyl (C=O) groups excluding carboxylic acids is 1. The first-order valence-electron chi connectivity index (χ1n) is 9.51. The molecule has 0 aliphatic carbocycles. The predicted molar refractivity (Wildman–Crippen MR) is 115 cm³/mol. The standard InChI is InChI=1S/C20H26N4O2.2ClH/c21-18(14-8-11-26-12-9-14)20(25)23-16-6-4-15(5-7-16)19-22-13-17-3-1-2-10-24(17)19;;/h4-7,13-14,18H,1-3,8-12,21H2,(H,23,25);2*1H. The summed E-state index contributed by atoms with van der Waals surface area (Å²) < 4.78 is 7.64. The summed E-state index contributed by atoms with van der Waals surface area (Å²) >= 11 is 0. The quantitative estimate of drug-likeness (QED) is 0.784. The third-order valence-electron chi connectivity index (χ3n) is 5.49. The number of halogens is 2. The molecule has 0 spiro atoms. The fourth-order valence-corrected chi connectivity index (χ4v) is 3.88. The number of nitrogens with one attached hydrogen (secondary N) is 1. The minimum absolute atomic E-state index is 0. The molecule has 2 aliphatic heterocycles. The van der Waals surface area contributed by atoms with Crippen LogP contribution in [0.4, 0.5) is 5.69 Å². The van der Waals surface area contributed by atoms with Crippen LogP contribution in [-0.4, -0.2) is 34.7 Å². The van der Waals surface area contributed by atoms with Gasteiger partial charge in [-0.3, -0.25) is 4.79 Å². The van der Waals surface area contributed by atoms with Crippen molar-refractivity contribution in [1.82, 2.24) is 9.55 Å². The molecule has 154 valence electrons. The molecule has 6 nitrogen and oxygen atoms in total. The lowest BCUT2D eigenvalue weighted by atomic mass is 9.92. The van der Waals surface area contributed by atoms with Crippen molar-refractivity contribution < 1.29 is 9.53 Å². The molecule has 0 bridgehead atoms. The highest BCUT2D eigenvalue weighted by Crippen LogP contribution is 2.26. The normalized spacial score (nSPS) is 17.6. The van der Waals surface area contributed by atoms with Crippen LogP contribution in [0.1, 0.15) is 31.4 Å². The number of aromatic nitrogens is 2. The number of nitrogens with two attached hydrogens (primary N) is 1. The second-order valence-electron chi connectivity index (χ2n) is 7.22. The van der Waals surface area contributed by atoms with E-state index in [9.17, 15) is 4.79 Å². The zero-order valence-electron chi connectivity index (χ0n) is 15.8. The number of nitrogens with zero attached hydrogens (tertiary/aromatic N) is 2. The summed E-state index contributed by atoms with van der Waals surface area (Å²) in [6, 6.07) is 7.39. The molecule has 1 aromatic carbocycles. The van der Waals surface area contributed by atoms with Crippen LogP contribution in [0.5, 0.6) is 0 Å². The topological polar surface area (TPSA) is 82.2 Å². The number of hydrogen-bond acceptors (Lipinski definition) is 4. The van der Waals surface area contributed by atoms with Gasteiger partial charge in [-0.1, -0.05) is 0 Å². The highest BCUT2D eigenvalue weighted by Gasteiger charge is 2.26. The Balaban J connectivity index is 0.00000140. The van der Waals surface area contributed by atoms with Crippen LogP contribution in [0.15, 0.2) is 30.5 Å². The summed E-state index contributed by atoms with van der Waals surface area (Å²) in [4.78, 5) is 17.0. The van der Waals surface area contributed by atoms with Crippen LogP contribution >= 0.6 is 24.8 Å². The van der Waals surface area contributed by atoms with E-state index < -0.39 is 6.04 Å². The molecule has 1 unspecified atom stereocenters. The van der Waals surface area contributed by atoms with Gasteiger partial charge in [0.2, 0.25) is 5.91 Å². The Kier molecular flexibility index (Phi) is 8.31. The molecular formula is C20H28Cl2N4O2. The first-order chi connectivity index (χ1) is 12.7. The molecule has 1 aromatic heterocycles. The van der Waals surface area contributed by atoms with Crippen molar-refractivity contribution in [3.8, 4) is 11.4 Å². The number of imidazole rings is 1. The van der Waals surface area contributed by atoms with Crippen LogP contribution in [-0.2, 0) is 22.5 Å². The molecule has 28 heavy (non-hydrogen) atoms. The molecule has 2 aromatic rings. The number of amides is 1. The maximum atomic E-state index is 12.4. The summed E-state index contributed by atoms with van der Waals surface area (Å²) in [6.45, 7) is 2.41. The lowest BCUT2D eigenvalue weighted by Gasteiger charge is -2.26. The van der Waals surface area contributed by atoms with Crippen LogP contribution in [0.2, 0.25) is 0 Å². The van der Waals surface area contributed by atoms with E-state index in [-0.39, 0.29) is 36.6 Å². The van der Waals surface area contributed by atoms with Gasteiger partial charge in [-0.05, 0) is 62.3 Å². The van der Waals surface area contributed by atoms with Crippen LogP contribution in [0.25, 0.3) is 11.4 Å². The van der Waals surface area contributed by atoms with Gasteiger partial charge in [0.15, 0.2) is 0 Å². The molecule has 1 fully saturated rings. The molecule has 4 rings (SSSR count). The molecule has 1 saturated heterocycles. The Morgan fingerprint density at radius 2 is 1.89 bits per heavy atom. The van der Waals surface area contributed by atoms with Gasteiger partial charge in [0.1, 0.15) is 5.82 Å². The van der Waals surface area contributed by atoms with Crippen LogP contribution < -0.4 is 11.1 Å². The van der Waals surface area contributed by atoms with Crippen molar-refractivity contribution in [3.63, 3.8) is 0 Å². The molecule has 2 aliphatic rings. The monoisotopic (exact) mass is 426 g/mol. The van der Waals surface area contributed by atoms with Crippen molar-refractivity contribution in [2.75, 3.05) is 18.5 Å². The average Bonchev–Trinajstić information content (AvgIpc) is 3.13. The largest absolute Gasteiger partial charge is 0.381 e. The summed E-state index contributed by atoms with van der Waals surface area (Å²) in [5.41, 5.74) is 9.30. The van der Waals surface area contributed by atoms with E-state index in [0.717, 1.165) is 42.9 Å². The zero-order valence-corrected chi connectivity index (χ0v) is 17.4. The number of benzene rings is 1. The Bertz CT molecular complexity index is 773. The fourth-order valence-electron chi connectivity index (χ4n) is 3.88. The van der Waals surface area contributed by atoms with E-state index in [1.807, 2.05) is 30.5 Å². The Labute approximate surface area is 178 Å². The minimum Gasteiger partial charge on any atom is -0.381 e. The van der Waals surface area contributed by atoms with Crippen molar-refractivity contribution in [3.05, 3.63) is 36.2 Å². The number of aryl methyl sites for hydroxylation is 1. The van der Waals surface area contributed by atoms with Gasteiger partial charge in [-0.15, -0.1) is 24.8 Å². The number of anilines is 1. The SMILES string of the molecule is Cl.Cl.NC(C(=O)Nc1ccc(-c2ncc3n2CCCC3)cc1)C1CCOCC1. The van der Waals surface area contributed by atoms with Crippen molar-refractivity contribution >= 4 is 36.4 Å². The predicted octanol–water partition coefficient (Wildman–Crippen LogP) is 3.42. The van der Waals surface area contributed by atoms with Gasteiger partial charge in [0, 0.05) is 42.9 Å². The first kappa shape index (κ1) is 22.7.